The van der Waals surface area contributed by atoms with E-state index >= 15 is 0 Å². The molecule has 2 aromatic rings. The molecule has 0 bridgehead atoms. The van der Waals surface area contributed by atoms with Crippen LogP contribution in [0.1, 0.15) is 11.4 Å². The SMILES string of the molecule is CNc1cc(Sc2nc(C)cc(C)n2)nc(N)n1. The zero-order chi connectivity index (χ0) is 13.1. The molecule has 0 aliphatic heterocycles. The van der Waals surface area contributed by atoms with E-state index in [0.717, 1.165) is 16.4 Å². The minimum absolute atomic E-state index is 0.230. The van der Waals surface area contributed by atoms with Gasteiger partial charge in [0.05, 0.1) is 0 Å². The summed E-state index contributed by atoms with van der Waals surface area (Å²) in [4.78, 5) is 16.9. The van der Waals surface area contributed by atoms with Crippen molar-refractivity contribution in [1.82, 2.24) is 19.9 Å². The van der Waals surface area contributed by atoms with Gasteiger partial charge in [-0.2, -0.15) is 4.98 Å². The molecule has 6 nitrogen and oxygen atoms in total. The van der Waals surface area contributed by atoms with E-state index < -0.39 is 0 Å². The second-order valence-corrected chi connectivity index (χ2v) is 4.72. The zero-order valence-electron chi connectivity index (χ0n) is 10.4. The number of nitrogens with zero attached hydrogens (tertiary/aromatic N) is 4. The van der Waals surface area contributed by atoms with Crippen LogP contribution in [0.3, 0.4) is 0 Å². The van der Waals surface area contributed by atoms with Gasteiger partial charge in [0.1, 0.15) is 10.8 Å². The van der Waals surface area contributed by atoms with Crippen LogP contribution in [0.2, 0.25) is 0 Å². The number of nitrogens with one attached hydrogen (secondary N) is 1. The fourth-order valence-corrected chi connectivity index (χ4v) is 2.33. The first-order chi connectivity index (χ1) is 8.56. The predicted molar refractivity (Wildman–Crippen MR) is 71.6 cm³/mol. The third kappa shape index (κ3) is 3.07. The number of rotatable bonds is 3. The van der Waals surface area contributed by atoms with E-state index in [-0.39, 0.29) is 5.95 Å². The Labute approximate surface area is 109 Å². The van der Waals surface area contributed by atoms with Crippen LogP contribution in [0.25, 0.3) is 0 Å². The number of aromatic nitrogens is 4. The largest absolute Gasteiger partial charge is 0.373 e. The monoisotopic (exact) mass is 262 g/mol. The van der Waals surface area contributed by atoms with Crippen molar-refractivity contribution in [2.45, 2.75) is 24.0 Å². The number of anilines is 2. The van der Waals surface area contributed by atoms with Gasteiger partial charge >= 0.3 is 0 Å². The molecule has 3 N–H and O–H groups in total. The van der Waals surface area contributed by atoms with Crippen LogP contribution < -0.4 is 11.1 Å². The predicted octanol–water partition coefficient (Wildman–Crippen LogP) is 1.66. The highest BCUT2D eigenvalue weighted by atomic mass is 32.2. The maximum atomic E-state index is 5.63. The second kappa shape index (κ2) is 5.18. The van der Waals surface area contributed by atoms with Crippen LogP contribution in [0.15, 0.2) is 22.3 Å². The van der Waals surface area contributed by atoms with Crippen molar-refractivity contribution in [3.8, 4) is 0 Å². The summed E-state index contributed by atoms with van der Waals surface area (Å²) in [5, 5.41) is 4.31. The van der Waals surface area contributed by atoms with Crippen molar-refractivity contribution in [1.29, 1.82) is 0 Å². The Bertz CT molecular complexity index is 551. The lowest BCUT2D eigenvalue weighted by Crippen LogP contribution is -2.01. The number of hydrogen-bond donors (Lipinski definition) is 2. The molecule has 0 aromatic carbocycles. The van der Waals surface area contributed by atoms with Crippen molar-refractivity contribution in [3.63, 3.8) is 0 Å². The van der Waals surface area contributed by atoms with Gasteiger partial charge in [0, 0.05) is 24.5 Å². The maximum Gasteiger partial charge on any atom is 0.223 e. The van der Waals surface area contributed by atoms with Crippen LogP contribution in [-0.2, 0) is 0 Å². The zero-order valence-corrected chi connectivity index (χ0v) is 11.2. The van der Waals surface area contributed by atoms with Gasteiger partial charge in [-0.05, 0) is 31.7 Å². The average molecular weight is 262 g/mol. The summed E-state index contributed by atoms with van der Waals surface area (Å²) in [5.41, 5.74) is 7.49. The van der Waals surface area contributed by atoms with Crippen molar-refractivity contribution in [2.75, 3.05) is 18.1 Å². The smallest absolute Gasteiger partial charge is 0.223 e. The van der Waals surface area contributed by atoms with Crippen LogP contribution in [0, 0.1) is 13.8 Å². The molecule has 18 heavy (non-hydrogen) atoms. The molecule has 0 amide bonds. The Balaban J connectivity index is 2.30. The Hall–Kier alpha value is -1.89. The number of nitrogens with two attached hydrogens (primary N) is 1. The molecule has 7 heteroatoms. The van der Waals surface area contributed by atoms with Crippen LogP contribution in [-0.4, -0.2) is 27.0 Å². The van der Waals surface area contributed by atoms with E-state index in [1.165, 1.54) is 11.8 Å². The summed E-state index contributed by atoms with van der Waals surface area (Å²) in [6, 6.07) is 3.74. The van der Waals surface area contributed by atoms with E-state index in [0.29, 0.717) is 11.0 Å². The highest BCUT2D eigenvalue weighted by molar-refractivity contribution is 7.99. The minimum atomic E-state index is 0.230. The average Bonchev–Trinajstić information content (AvgIpc) is 2.26. The molecule has 0 spiro atoms. The summed E-state index contributed by atoms with van der Waals surface area (Å²) in [6.07, 6.45) is 0. The quantitative estimate of drug-likeness (QED) is 0.642. The topological polar surface area (TPSA) is 89.6 Å². The number of hydrogen-bond acceptors (Lipinski definition) is 7. The van der Waals surface area contributed by atoms with Gasteiger partial charge < -0.3 is 11.1 Å². The summed E-state index contributed by atoms with van der Waals surface area (Å²) in [7, 11) is 1.78. The molecule has 0 saturated heterocycles. The fraction of sp³-hybridized carbons (Fsp3) is 0.273. The normalized spacial score (nSPS) is 10.4. The molecule has 2 rings (SSSR count). The van der Waals surface area contributed by atoms with Gasteiger partial charge in [0.25, 0.3) is 0 Å². The molecule has 0 unspecified atom stereocenters. The Morgan fingerprint density at radius 1 is 1.06 bits per heavy atom. The van der Waals surface area contributed by atoms with Gasteiger partial charge in [-0.25, -0.2) is 15.0 Å². The van der Waals surface area contributed by atoms with E-state index in [1.807, 2.05) is 26.0 Å². The second-order valence-electron chi connectivity index (χ2n) is 3.73. The highest BCUT2D eigenvalue weighted by Crippen LogP contribution is 2.25. The summed E-state index contributed by atoms with van der Waals surface area (Å²) in [6.45, 7) is 3.87. The molecule has 0 saturated carbocycles. The van der Waals surface area contributed by atoms with E-state index in [9.17, 15) is 0 Å². The van der Waals surface area contributed by atoms with Crippen LogP contribution in [0.5, 0.6) is 0 Å². The Morgan fingerprint density at radius 3 is 2.33 bits per heavy atom. The molecule has 0 atom stereocenters. The fourth-order valence-electron chi connectivity index (χ4n) is 1.46. The molecule has 0 aliphatic carbocycles. The molecule has 0 fully saturated rings. The first-order valence-corrected chi connectivity index (χ1v) is 6.21. The maximum absolute atomic E-state index is 5.63. The molecule has 2 aromatic heterocycles. The lowest BCUT2D eigenvalue weighted by molar-refractivity contribution is 0.898. The molecule has 94 valence electrons. The summed E-state index contributed by atoms with van der Waals surface area (Å²) >= 11 is 1.37. The summed E-state index contributed by atoms with van der Waals surface area (Å²) in [5.74, 6) is 0.906. The van der Waals surface area contributed by atoms with Gasteiger partial charge in [-0.15, -0.1) is 0 Å². The van der Waals surface area contributed by atoms with Crippen molar-refractivity contribution >= 4 is 23.5 Å². The molecule has 0 radical (unpaired) electrons. The van der Waals surface area contributed by atoms with Crippen LogP contribution in [0.4, 0.5) is 11.8 Å². The third-order valence-corrected chi connectivity index (χ3v) is 2.92. The van der Waals surface area contributed by atoms with E-state index in [4.69, 9.17) is 5.73 Å². The van der Waals surface area contributed by atoms with Crippen molar-refractivity contribution in [2.24, 2.45) is 0 Å². The van der Waals surface area contributed by atoms with E-state index in [1.54, 1.807) is 7.05 Å². The molecular formula is C11H14N6S. The Kier molecular flexibility index (Phi) is 3.61. The minimum Gasteiger partial charge on any atom is -0.373 e. The van der Waals surface area contributed by atoms with Crippen molar-refractivity contribution in [3.05, 3.63) is 23.5 Å². The van der Waals surface area contributed by atoms with Gasteiger partial charge in [0.15, 0.2) is 5.16 Å². The first kappa shape index (κ1) is 12.6. The van der Waals surface area contributed by atoms with Crippen LogP contribution >= 0.6 is 11.8 Å². The third-order valence-electron chi connectivity index (χ3n) is 2.13. The van der Waals surface area contributed by atoms with Gasteiger partial charge in [0.2, 0.25) is 5.95 Å². The molecule has 2 heterocycles. The lowest BCUT2D eigenvalue weighted by Gasteiger charge is -2.05. The first-order valence-electron chi connectivity index (χ1n) is 5.39. The number of aryl methyl sites for hydroxylation is 2. The Morgan fingerprint density at radius 2 is 1.72 bits per heavy atom. The molecular weight excluding hydrogens is 248 g/mol. The van der Waals surface area contributed by atoms with Crippen molar-refractivity contribution < 1.29 is 0 Å². The number of nitrogen functional groups attached to an aromatic ring is 1. The highest BCUT2D eigenvalue weighted by Gasteiger charge is 2.06. The summed E-state index contributed by atoms with van der Waals surface area (Å²) < 4.78 is 0. The van der Waals surface area contributed by atoms with Gasteiger partial charge in [-0.1, -0.05) is 0 Å². The standard InChI is InChI=1S/C11H14N6S/c1-6-4-7(2)15-11(14-6)18-9-5-8(13-3)16-10(12)17-9/h4-5H,1-3H3,(H3,12,13,16,17). The molecule has 0 aliphatic rings. The van der Waals surface area contributed by atoms with E-state index in [2.05, 4.69) is 25.3 Å². The van der Waals surface area contributed by atoms with Gasteiger partial charge in [-0.3, -0.25) is 0 Å². The lowest BCUT2D eigenvalue weighted by atomic mass is 10.4.